The number of nitrogens with one attached hydrogen (secondary N) is 1. The molecule has 0 saturated carbocycles. The zero-order chi connectivity index (χ0) is 14.5. The molecule has 5 nitrogen and oxygen atoms in total. The van der Waals surface area contributed by atoms with Gasteiger partial charge in [0.1, 0.15) is 5.37 Å². The molecule has 0 aromatic carbocycles. The van der Waals surface area contributed by atoms with E-state index < -0.39 is 0 Å². The summed E-state index contributed by atoms with van der Waals surface area (Å²) in [6, 6.07) is 0. The zero-order valence-electron chi connectivity index (χ0n) is 10.9. The lowest BCUT2D eigenvalue weighted by Gasteiger charge is -2.47. The molecule has 1 atom stereocenters. The number of rotatable bonds is 2. The van der Waals surface area contributed by atoms with E-state index in [1.165, 1.54) is 0 Å². The van der Waals surface area contributed by atoms with Crippen molar-refractivity contribution in [3.05, 3.63) is 0 Å². The number of nitrogens with zero attached hydrogens (tertiary/aromatic N) is 3. The van der Waals surface area contributed by atoms with Crippen molar-refractivity contribution in [2.24, 2.45) is 0 Å². The van der Waals surface area contributed by atoms with E-state index in [9.17, 15) is 0 Å². The maximum atomic E-state index is 5.39. The van der Waals surface area contributed by atoms with Crippen LogP contribution in [-0.4, -0.2) is 74.3 Å². The summed E-state index contributed by atoms with van der Waals surface area (Å²) in [5.74, 6) is 1.04. The van der Waals surface area contributed by atoms with Crippen molar-refractivity contribution >= 4 is 70.1 Å². The number of thiocarbonyl (C=S) groups is 2. The lowest BCUT2D eigenvalue weighted by Crippen LogP contribution is -2.62. The minimum Gasteiger partial charge on any atom is -0.379 e. The van der Waals surface area contributed by atoms with Gasteiger partial charge < -0.3 is 10.1 Å². The maximum Gasteiger partial charge on any atom is 0.169 e. The van der Waals surface area contributed by atoms with Crippen molar-refractivity contribution in [2.45, 2.75) is 5.37 Å². The fourth-order valence-electron chi connectivity index (χ4n) is 2.13. The van der Waals surface area contributed by atoms with Gasteiger partial charge in [0.05, 0.1) is 13.2 Å². The Morgan fingerprint density at radius 3 is 2.45 bits per heavy atom. The number of thioether (sulfide) groups is 1. The molecule has 2 saturated heterocycles. The van der Waals surface area contributed by atoms with Gasteiger partial charge in [0.2, 0.25) is 0 Å². The van der Waals surface area contributed by atoms with E-state index in [1.54, 1.807) is 0 Å². The quantitative estimate of drug-likeness (QED) is 0.375. The molecular formula is C10H18N4OS5. The highest BCUT2D eigenvalue weighted by atomic mass is 32.2. The zero-order valence-corrected chi connectivity index (χ0v) is 15.1. The van der Waals surface area contributed by atoms with Crippen molar-refractivity contribution in [3.8, 4) is 0 Å². The van der Waals surface area contributed by atoms with E-state index in [2.05, 4.69) is 35.6 Å². The smallest absolute Gasteiger partial charge is 0.169 e. The first-order valence-corrected chi connectivity index (χ1v) is 9.07. The number of hydrogen-bond acceptors (Lipinski definition) is 6. The average Bonchev–Trinajstić information content (AvgIpc) is 2.45. The summed E-state index contributed by atoms with van der Waals surface area (Å²) in [4.78, 5) is 0. The SMILES string of the molecule is S=C(S)N(C1CNCCS1)N(C(=S)S)N1CCOCC1. The molecule has 20 heavy (non-hydrogen) atoms. The van der Waals surface area contributed by atoms with E-state index in [1.807, 2.05) is 21.9 Å². The number of morpholine rings is 1. The largest absolute Gasteiger partial charge is 0.379 e. The van der Waals surface area contributed by atoms with Gasteiger partial charge in [0.25, 0.3) is 0 Å². The van der Waals surface area contributed by atoms with Gasteiger partial charge in [-0.15, -0.1) is 37.0 Å². The Kier molecular flexibility index (Phi) is 7.14. The molecule has 0 spiro atoms. The highest BCUT2D eigenvalue weighted by Gasteiger charge is 2.33. The van der Waals surface area contributed by atoms with Crippen molar-refractivity contribution < 1.29 is 4.74 Å². The topological polar surface area (TPSA) is 31.0 Å². The highest BCUT2D eigenvalue weighted by Crippen LogP contribution is 2.24. The third-order valence-electron chi connectivity index (χ3n) is 3.01. The Morgan fingerprint density at radius 2 is 1.95 bits per heavy atom. The minimum absolute atomic E-state index is 0.168. The lowest BCUT2D eigenvalue weighted by atomic mass is 10.5. The Morgan fingerprint density at radius 1 is 1.25 bits per heavy atom. The van der Waals surface area contributed by atoms with E-state index in [4.69, 9.17) is 29.2 Å². The number of ether oxygens (including phenoxy) is 1. The van der Waals surface area contributed by atoms with Crippen molar-refractivity contribution in [1.29, 1.82) is 0 Å². The fourth-order valence-corrected chi connectivity index (χ4v) is 4.23. The van der Waals surface area contributed by atoms with Gasteiger partial charge in [-0.2, -0.15) is 10.1 Å². The molecule has 10 heteroatoms. The molecule has 0 amide bonds. The van der Waals surface area contributed by atoms with Crippen molar-refractivity contribution in [3.63, 3.8) is 0 Å². The first-order chi connectivity index (χ1) is 9.61. The molecule has 0 aliphatic carbocycles. The lowest BCUT2D eigenvalue weighted by molar-refractivity contribution is -0.124. The van der Waals surface area contributed by atoms with Gasteiger partial charge >= 0.3 is 0 Å². The van der Waals surface area contributed by atoms with Gasteiger partial charge in [-0.1, -0.05) is 12.2 Å². The van der Waals surface area contributed by atoms with Crippen LogP contribution >= 0.6 is 61.5 Å². The number of hydrogen-bond donors (Lipinski definition) is 3. The molecule has 1 N–H and O–H groups in total. The molecule has 0 aromatic heterocycles. The molecule has 2 fully saturated rings. The predicted molar refractivity (Wildman–Crippen MR) is 98.4 cm³/mol. The van der Waals surface area contributed by atoms with Crippen molar-refractivity contribution in [1.82, 2.24) is 20.5 Å². The molecule has 114 valence electrons. The summed E-state index contributed by atoms with van der Waals surface area (Å²) in [7, 11) is 0. The second-order valence-corrected chi connectivity index (χ2v) is 7.81. The van der Waals surface area contributed by atoms with Crippen LogP contribution in [0.2, 0.25) is 0 Å². The maximum absolute atomic E-state index is 5.39. The summed E-state index contributed by atoms with van der Waals surface area (Å²) in [6.45, 7) is 4.73. The van der Waals surface area contributed by atoms with Crippen LogP contribution in [0.4, 0.5) is 0 Å². The van der Waals surface area contributed by atoms with Crippen LogP contribution in [-0.2, 0) is 4.74 Å². The molecule has 2 heterocycles. The van der Waals surface area contributed by atoms with Gasteiger partial charge in [-0.25, -0.2) is 5.01 Å². The summed E-state index contributed by atoms with van der Waals surface area (Å²) < 4.78 is 6.35. The first kappa shape index (κ1) is 17.1. The van der Waals surface area contributed by atoms with Crippen molar-refractivity contribution in [2.75, 3.05) is 45.1 Å². The van der Waals surface area contributed by atoms with Gasteiger partial charge in [0.15, 0.2) is 8.64 Å². The van der Waals surface area contributed by atoms with Gasteiger partial charge in [-0.3, -0.25) is 0 Å². The highest BCUT2D eigenvalue weighted by molar-refractivity contribution is 8.11. The van der Waals surface area contributed by atoms with Gasteiger partial charge in [-0.05, 0) is 12.2 Å². The summed E-state index contributed by atoms with van der Waals surface area (Å²) >= 11 is 21.2. The van der Waals surface area contributed by atoms with Crippen LogP contribution in [0.1, 0.15) is 0 Å². The normalized spacial score (nSPS) is 24.2. The molecule has 2 aliphatic rings. The monoisotopic (exact) mass is 370 g/mol. The van der Waals surface area contributed by atoms with Crippen LogP contribution in [0.5, 0.6) is 0 Å². The number of thiol groups is 2. The summed E-state index contributed by atoms with van der Waals surface area (Å²) in [5, 5.41) is 9.45. The average molecular weight is 371 g/mol. The Balaban J connectivity index is 2.17. The Hall–Kier alpha value is 0.710. The van der Waals surface area contributed by atoms with Crippen LogP contribution in [0, 0.1) is 0 Å². The van der Waals surface area contributed by atoms with Gasteiger partial charge in [0, 0.05) is 31.9 Å². The molecule has 0 aromatic rings. The van der Waals surface area contributed by atoms with Crippen LogP contribution in [0.3, 0.4) is 0 Å². The molecular weight excluding hydrogens is 352 g/mol. The fraction of sp³-hybridized carbons (Fsp3) is 0.800. The van der Waals surface area contributed by atoms with E-state index >= 15 is 0 Å². The molecule has 0 radical (unpaired) electrons. The third-order valence-corrected chi connectivity index (χ3v) is 4.93. The Labute approximate surface area is 145 Å². The van der Waals surface area contributed by atoms with Crippen LogP contribution < -0.4 is 5.32 Å². The summed E-state index contributed by atoms with van der Waals surface area (Å²) in [6.07, 6.45) is 0. The Bertz CT molecular complexity index is 326. The molecule has 2 rings (SSSR count). The second-order valence-electron chi connectivity index (χ2n) is 4.29. The second kappa shape index (κ2) is 8.37. The molecule has 0 bridgehead atoms. The standard InChI is InChI=1S/C10H18N4OS5/c16-9(17)13(8-7-11-1-6-20-8)14(10(18)19)12-2-4-15-5-3-12/h8,11H,1-7H2,(H,16,17)(H,18,19). The van der Waals surface area contributed by atoms with Crippen LogP contribution in [0.25, 0.3) is 0 Å². The summed E-state index contributed by atoms with van der Waals surface area (Å²) in [5.41, 5.74) is 0. The third kappa shape index (κ3) is 4.35. The van der Waals surface area contributed by atoms with Crippen LogP contribution in [0.15, 0.2) is 0 Å². The number of hydrazine groups is 2. The van der Waals surface area contributed by atoms with E-state index in [0.29, 0.717) is 21.9 Å². The first-order valence-electron chi connectivity index (χ1n) is 6.31. The van der Waals surface area contributed by atoms with E-state index in [0.717, 1.165) is 31.9 Å². The molecule has 2 aliphatic heterocycles. The van der Waals surface area contributed by atoms with E-state index in [-0.39, 0.29) is 5.37 Å². The predicted octanol–water partition coefficient (Wildman–Crippen LogP) is 0.845. The molecule has 1 unspecified atom stereocenters. The minimum atomic E-state index is 0.168.